The highest BCUT2D eigenvalue weighted by Gasteiger charge is 2.25. The molecular formula is C20H21NO7. The fourth-order valence-corrected chi connectivity index (χ4v) is 2.68. The first-order chi connectivity index (χ1) is 13.4. The van der Waals surface area contributed by atoms with Gasteiger partial charge in [0.1, 0.15) is 0 Å². The molecule has 0 aromatic heterocycles. The second-order valence-electron chi connectivity index (χ2n) is 5.80. The van der Waals surface area contributed by atoms with Gasteiger partial charge in [0, 0.05) is 18.6 Å². The minimum atomic E-state index is -1.12. The number of hydrogen-bond acceptors (Lipinski definition) is 6. The molecule has 2 rings (SSSR count). The molecule has 0 saturated carbocycles. The maximum atomic E-state index is 12.5. The van der Waals surface area contributed by atoms with Crippen molar-refractivity contribution in [3.8, 4) is 11.5 Å². The molecule has 148 valence electrons. The number of benzene rings is 2. The number of ether oxygens (including phenoxy) is 3. The zero-order valence-corrected chi connectivity index (χ0v) is 15.7. The van der Waals surface area contributed by atoms with Crippen molar-refractivity contribution in [1.82, 2.24) is 0 Å². The smallest absolute Gasteiger partial charge is 0.340 e. The Morgan fingerprint density at radius 2 is 1.61 bits per heavy atom. The summed E-state index contributed by atoms with van der Waals surface area (Å²) < 4.78 is 15.1. The van der Waals surface area contributed by atoms with Crippen molar-refractivity contribution in [2.75, 3.05) is 26.6 Å². The monoisotopic (exact) mass is 387 g/mol. The van der Waals surface area contributed by atoms with E-state index in [1.54, 1.807) is 30.3 Å². The average molecular weight is 387 g/mol. The molecule has 0 spiro atoms. The molecule has 8 nitrogen and oxygen atoms in total. The first kappa shape index (κ1) is 20.8. The molecule has 2 aromatic rings. The quantitative estimate of drug-likeness (QED) is 0.670. The average Bonchev–Trinajstić information content (AvgIpc) is 2.71. The van der Waals surface area contributed by atoms with Gasteiger partial charge in [0.05, 0.1) is 38.5 Å². The number of carbonyl (C=O) groups is 3. The summed E-state index contributed by atoms with van der Waals surface area (Å²) in [5, 5.41) is 12.1. The molecule has 0 saturated heterocycles. The number of amides is 1. The predicted molar refractivity (Wildman–Crippen MR) is 101 cm³/mol. The summed E-state index contributed by atoms with van der Waals surface area (Å²) in [6, 6.07) is 11.2. The molecule has 1 unspecified atom stereocenters. The Bertz CT molecular complexity index is 864. The Morgan fingerprint density at radius 3 is 2.14 bits per heavy atom. The third-order valence-electron chi connectivity index (χ3n) is 4.09. The number of carbonyl (C=O) groups excluding carboxylic acids is 2. The van der Waals surface area contributed by atoms with E-state index in [1.807, 2.05) is 0 Å². The lowest BCUT2D eigenvalue weighted by Gasteiger charge is -2.16. The van der Waals surface area contributed by atoms with Crippen LogP contribution in [0, 0.1) is 0 Å². The number of methoxy groups -OCH3 is 3. The lowest BCUT2D eigenvalue weighted by molar-refractivity contribution is -0.140. The van der Waals surface area contributed by atoms with Crippen LogP contribution in [-0.2, 0) is 14.3 Å². The van der Waals surface area contributed by atoms with Crippen LogP contribution in [-0.4, -0.2) is 44.3 Å². The summed E-state index contributed by atoms with van der Waals surface area (Å²) in [5.41, 5.74) is 0.692. The van der Waals surface area contributed by atoms with Gasteiger partial charge in [-0.2, -0.15) is 0 Å². The van der Waals surface area contributed by atoms with Gasteiger partial charge in [0.2, 0.25) is 5.91 Å². The fraction of sp³-hybridized carbons (Fsp3) is 0.250. The van der Waals surface area contributed by atoms with E-state index >= 15 is 0 Å². The van der Waals surface area contributed by atoms with Gasteiger partial charge in [0.25, 0.3) is 0 Å². The lowest BCUT2D eigenvalue weighted by Crippen LogP contribution is -2.22. The number of anilines is 1. The Hall–Kier alpha value is -3.55. The van der Waals surface area contributed by atoms with Crippen molar-refractivity contribution < 1.29 is 33.7 Å². The Balaban J connectivity index is 2.31. The van der Waals surface area contributed by atoms with Crippen LogP contribution in [0.15, 0.2) is 42.5 Å². The first-order valence-electron chi connectivity index (χ1n) is 8.33. The summed E-state index contributed by atoms with van der Waals surface area (Å²) >= 11 is 0. The SMILES string of the molecule is COC(=O)c1cc(OC)c(OC)cc1NC(=O)CC(C(=O)O)c1ccccc1. The van der Waals surface area contributed by atoms with Gasteiger partial charge in [-0.15, -0.1) is 0 Å². The van der Waals surface area contributed by atoms with Gasteiger partial charge < -0.3 is 24.6 Å². The molecule has 8 heteroatoms. The maximum Gasteiger partial charge on any atom is 0.340 e. The highest BCUT2D eigenvalue weighted by atomic mass is 16.5. The second-order valence-corrected chi connectivity index (χ2v) is 5.80. The van der Waals surface area contributed by atoms with E-state index in [2.05, 4.69) is 5.32 Å². The largest absolute Gasteiger partial charge is 0.493 e. The Morgan fingerprint density at radius 1 is 1.00 bits per heavy atom. The van der Waals surface area contributed by atoms with Crippen LogP contribution >= 0.6 is 0 Å². The summed E-state index contributed by atoms with van der Waals surface area (Å²) in [4.78, 5) is 36.2. The highest BCUT2D eigenvalue weighted by Crippen LogP contribution is 2.34. The summed E-state index contributed by atoms with van der Waals surface area (Å²) in [5.74, 6) is -2.83. The van der Waals surface area contributed by atoms with Gasteiger partial charge in [-0.3, -0.25) is 9.59 Å². The number of nitrogens with one attached hydrogen (secondary N) is 1. The number of aliphatic carboxylic acids is 1. The van der Waals surface area contributed by atoms with Crippen molar-refractivity contribution in [1.29, 1.82) is 0 Å². The van der Waals surface area contributed by atoms with E-state index in [9.17, 15) is 19.5 Å². The molecule has 0 aliphatic carbocycles. The molecule has 0 heterocycles. The van der Waals surface area contributed by atoms with E-state index < -0.39 is 23.8 Å². The number of carboxylic acid groups (broad SMARTS) is 1. The van der Waals surface area contributed by atoms with Gasteiger partial charge in [-0.05, 0) is 5.56 Å². The Labute approximate surface area is 162 Å². The lowest BCUT2D eigenvalue weighted by atomic mass is 9.95. The highest BCUT2D eigenvalue weighted by molar-refractivity contribution is 6.03. The minimum Gasteiger partial charge on any atom is -0.493 e. The number of carboxylic acids is 1. The van der Waals surface area contributed by atoms with Crippen LogP contribution in [0.25, 0.3) is 0 Å². The molecule has 2 aromatic carbocycles. The van der Waals surface area contributed by atoms with Crippen molar-refractivity contribution in [3.63, 3.8) is 0 Å². The van der Waals surface area contributed by atoms with Crippen LogP contribution in [0.3, 0.4) is 0 Å². The molecule has 1 atom stereocenters. The molecule has 2 N–H and O–H groups in total. The van der Waals surface area contributed by atoms with Crippen molar-refractivity contribution in [2.45, 2.75) is 12.3 Å². The van der Waals surface area contributed by atoms with Crippen molar-refractivity contribution in [2.24, 2.45) is 0 Å². The van der Waals surface area contributed by atoms with E-state index in [4.69, 9.17) is 14.2 Å². The van der Waals surface area contributed by atoms with Crippen LogP contribution in [0.5, 0.6) is 11.5 Å². The van der Waals surface area contributed by atoms with Gasteiger partial charge in [-0.25, -0.2) is 4.79 Å². The van der Waals surface area contributed by atoms with Crippen LogP contribution in [0.1, 0.15) is 28.3 Å². The van der Waals surface area contributed by atoms with E-state index in [-0.39, 0.29) is 23.4 Å². The number of rotatable bonds is 8. The molecule has 0 fully saturated rings. The maximum absolute atomic E-state index is 12.5. The standard InChI is InChI=1S/C20H21NO7/c1-26-16-9-14(20(25)28-3)15(11-17(16)27-2)21-18(22)10-13(19(23)24)12-7-5-4-6-8-12/h4-9,11,13H,10H2,1-3H3,(H,21,22)(H,23,24). The minimum absolute atomic E-state index is 0.0556. The number of hydrogen-bond donors (Lipinski definition) is 2. The van der Waals surface area contributed by atoms with Gasteiger partial charge in [-0.1, -0.05) is 30.3 Å². The molecule has 0 aliphatic heterocycles. The first-order valence-corrected chi connectivity index (χ1v) is 8.33. The zero-order valence-electron chi connectivity index (χ0n) is 15.7. The van der Waals surface area contributed by atoms with Crippen LogP contribution < -0.4 is 14.8 Å². The van der Waals surface area contributed by atoms with E-state index in [1.165, 1.54) is 33.5 Å². The summed E-state index contributed by atoms with van der Waals surface area (Å²) in [6.07, 6.45) is -0.311. The molecule has 1 amide bonds. The Kier molecular flexibility index (Phi) is 6.97. The summed E-state index contributed by atoms with van der Waals surface area (Å²) in [6.45, 7) is 0. The van der Waals surface area contributed by atoms with Gasteiger partial charge >= 0.3 is 11.9 Å². The topological polar surface area (TPSA) is 111 Å². The van der Waals surface area contributed by atoms with Crippen LogP contribution in [0.4, 0.5) is 5.69 Å². The summed E-state index contributed by atoms with van der Waals surface area (Å²) in [7, 11) is 4.03. The molecular weight excluding hydrogens is 366 g/mol. The van der Waals surface area contributed by atoms with Crippen molar-refractivity contribution in [3.05, 3.63) is 53.6 Å². The van der Waals surface area contributed by atoms with E-state index in [0.29, 0.717) is 11.3 Å². The van der Waals surface area contributed by atoms with Gasteiger partial charge in [0.15, 0.2) is 11.5 Å². The molecule has 0 bridgehead atoms. The second kappa shape index (κ2) is 9.40. The zero-order chi connectivity index (χ0) is 20.7. The molecule has 0 radical (unpaired) electrons. The van der Waals surface area contributed by atoms with E-state index in [0.717, 1.165) is 0 Å². The fourth-order valence-electron chi connectivity index (χ4n) is 2.68. The van der Waals surface area contributed by atoms with Crippen LogP contribution in [0.2, 0.25) is 0 Å². The molecule has 28 heavy (non-hydrogen) atoms. The van der Waals surface area contributed by atoms with Crippen molar-refractivity contribution >= 4 is 23.5 Å². The third-order valence-corrected chi connectivity index (χ3v) is 4.09. The molecule has 0 aliphatic rings. The third kappa shape index (κ3) is 4.79. The normalized spacial score (nSPS) is 11.2. The predicted octanol–water partition coefficient (Wildman–Crippen LogP) is 2.69. The number of esters is 1.